The molecule has 1 fully saturated rings. The van der Waals surface area contributed by atoms with Crippen LogP contribution >= 0.6 is 11.3 Å². The van der Waals surface area contributed by atoms with Crippen molar-refractivity contribution in [1.29, 1.82) is 0 Å². The molecule has 5 nitrogen and oxygen atoms in total. The van der Waals surface area contributed by atoms with Crippen LogP contribution < -0.4 is 5.32 Å². The molecule has 4 rings (SSSR count). The van der Waals surface area contributed by atoms with E-state index in [1.807, 2.05) is 30.2 Å². The van der Waals surface area contributed by atoms with Gasteiger partial charge in [-0.3, -0.25) is 4.79 Å². The largest absolute Gasteiger partial charge is 0.333 e. The quantitative estimate of drug-likeness (QED) is 0.917. The van der Waals surface area contributed by atoms with E-state index in [0.29, 0.717) is 12.5 Å². The molecule has 0 spiro atoms. The first-order chi connectivity index (χ1) is 11.2. The van der Waals surface area contributed by atoms with Crippen molar-refractivity contribution in [3.05, 3.63) is 45.2 Å². The number of aryl methyl sites for hydroxylation is 1. The number of rotatable bonds is 2. The van der Waals surface area contributed by atoms with Crippen LogP contribution in [0.15, 0.2) is 18.3 Å². The highest BCUT2D eigenvalue weighted by Gasteiger charge is 2.26. The smallest absolute Gasteiger partial charge is 0.264 e. The van der Waals surface area contributed by atoms with Crippen molar-refractivity contribution in [1.82, 2.24) is 20.2 Å². The van der Waals surface area contributed by atoms with E-state index in [9.17, 15) is 4.79 Å². The molecule has 2 aromatic rings. The lowest BCUT2D eigenvalue weighted by atomic mass is 10.0. The van der Waals surface area contributed by atoms with Crippen molar-refractivity contribution in [3.8, 4) is 0 Å². The van der Waals surface area contributed by atoms with Crippen LogP contribution in [-0.2, 0) is 13.0 Å². The van der Waals surface area contributed by atoms with E-state index >= 15 is 0 Å². The zero-order chi connectivity index (χ0) is 15.8. The van der Waals surface area contributed by atoms with E-state index in [1.54, 1.807) is 11.3 Å². The lowest BCUT2D eigenvalue weighted by Gasteiger charge is -2.28. The van der Waals surface area contributed by atoms with Crippen LogP contribution in [0, 0.1) is 6.92 Å². The number of thiophene rings is 1. The number of hydrogen-bond donors (Lipinski definition) is 1. The van der Waals surface area contributed by atoms with Crippen LogP contribution in [-0.4, -0.2) is 40.4 Å². The summed E-state index contributed by atoms with van der Waals surface area (Å²) >= 11 is 1.56. The molecule has 0 saturated carbocycles. The molecule has 4 heterocycles. The standard InChI is InChI=1S/C17H20N4OS/c1-11-2-3-15(23-11)17(22)21-7-5-14-13(10-21)9-19-16(20-14)12-4-6-18-8-12/h2-3,9,12,18H,4-8,10H2,1H3/t12-/m0/s1. The van der Waals surface area contributed by atoms with Crippen molar-refractivity contribution in [3.63, 3.8) is 0 Å². The number of amides is 1. The van der Waals surface area contributed by atoms with Gasteiger partial charge in [0.2, 0.25) is 0 Å². The minimum Gasteiger partial charge on any atom is -0.333 e. The van der Waals surface area contributed by atoms with E-state index in [1.165, 1.54) is 4.88 Å². The first kappa shape index (κ1) is 14.8. The molecule has 2 aliphatic heterocycles. The number of carbonyl (C=O) groups excluding carboxylic acids is 1. The number of carbonyl (C=O) groups is 1. The lowest BCUT2D eigenvalue weighted by Crippen LogP contribution is -2.36. The van der Waals surface area contributed by atoms with E-state index in [4.69, 9.17) is 4.98 Å². The van der Waals surface area contributed by atoms with Gasteiger partial charge in [-0.05, 0) is 32.0 Å². The second kappa shape index (κ2) is 6.02. The van der Waals surface area contributed by atoms with Crippen LogP contribution in [0.1, 0.15) is 44.0 Å². The van der Waals surface area contributed by atoms with Crippen molar-refractivity contribution < 1.29 is 4.79 Å². The summed E-state index contributed by atoms with van der Waals surface area (Å²) in [5.41, 5.74) is 2.21. The summed E-state index contributed by atoms with van der Waals surface area (Å²) in [5.74, 6) is 1.52. The van der Waals surface area contributed by atoms with Gasteiger partial charge in [0.25, 0.3) is 5.91 Å². The Morgan fingerprint density at radius 3 is 3.09 bits per heavy atom. The molecule has 23 heavy (non-hydrogen) atoms. The van der Waals surface area contributed by atoms with Crippen LogP contribution in [0.3, 0.4) is 0 Å². The maximum Gasteiger partial charge on any atom is 0.264 e. The molecule has 1 amide bonds. The summed E-state index contributed by atoms with van der Waals surface area (Å²) in [7, 11) is 0. The summed E-state index contributed by atoms with van der Waals surface area (Å²) in [6, 6.07) is 3.92. The minimum absolute atomic E-state index is 0.123. The Bertz CT molecular complexity index is 736. The first-order valence-electron chi connectivity index (χ1n) is 8.12. The Kier molecular flexibility index (Phi) is 3.87. The number of aromatic nitrogens is 2. The first-order valence-corrected chi connectivity index (χ1v) is 8.93. The van der Waals surface area contributed by atoms with Crippen molar-refractivity contribution in [2.24, 2.45) is 0 Å². The number of fused-ring (bicyclic) bond motifs is 1. The third kappa shape index (κ3) is 2.88. The molecule has 2 aromatic heterocycles. The highest BCUT2D eigenvalue weighted by Crippen LogP contribution is 2.24. The van der Waals surface area contributed by atoms with E-state index < -0.39 is 0 Å². The Morgan fingerprint density at radius 2 is 2.35 bits per heavy atom. The summed E-state index contributed by atoms with van der Waals surface area (Å²) < 4.78 is 0. The van der Waals surface area contributed by atoms with Gasteiger partial charge < -0.3 is 10.2 Å². The molecule has 1 atom stereocenters. The monoisotopic (exact) mass is 328 g/mol. The fourth-order valence-electron chi connectivity index (χ4n) is 3.28. The lowest BCUT2D eigenvalue weighted by molar-refractivity contribution is 0.0738. The summed E-state index contributed by atoms with van der Waals surface area (Å²) in [5, 5.41) is 3.36. The molecule has 120 valence electrons. The van der Waals surface area contributed by atoms with Crippen LogP contribution in [0.4, 0.5) is 0 Å². The molecule has 1 N–H and O–H groups in total. The van der Waals surface area contributed by atoms with Gasteiger partial charge in [0.15, 0.2) is 0 Å². The van der Waals surface area contributed by atoms with Crippen molar-refractivity contribution >= 4 is 17.2 Å². The Morgan fingerprint density at radius 1 is 1.43 bits per heavy atom. The zero-order valence-corrected chi connectivity index (χ0v) is 14.0. The van der Waals surface area contributed by atoms with E-state index in [0.717, 1.165) is 54.4 Å². The molecule has 0 bridgehead atoms. The van der Waals surface area contributed by atoms with Gasteiger partial charge in [-0.25, -0.2) is 9.97 Å². The van der Waals surface area contributed by atoms with Gasteiger partial charge in [0.1, 0.15) is 5.82 Å². The molecule has 0 unspecified atom stereocenters. The molecule has 0 radical (unpaired) electrons. The molecule has 2 aliphatic rings. The summed E-state index contributed by atoms with van der Waals surface area (Å²) in [6.45, 7) is 5.41. The predicted octanol–water partition coefficient (Wildman–Crippen LogP) is 2.12. The SMILES string of the molecule is Cc1ccc(C(=O)N2CCc3nc([C@H]4CCNC4)ncc3C2)s1. The average molecular weight is 328 g/mol. The number of nitrogens with zero attached hydrogens (tertiary/aromatic N) is 3. The predicted molar refractivity (Wildman–Crippen MR) is 89.8 cm³/mol. The van der Waals surface area contributed by atoms with Crippen LogP contribution in [0.25, 0.3) is 0 Å². The van der Waals surface area contributed by atoms with Gasteiger partial charge in [-0.1, -0.05) is 0 Å². The van der Waals surface area contributed by atoms with Crippen LogP contribution in [0.5, 0.6) is 0 Å². The van der Waals surface area contributed by atoms with Crippen LogP contribution in [0.2, 0.25) is 0 Å². The Labute approximate surface area is 139 Å². The van der Waals surface area contributed by atoms with Gasteiger partial charge in [-0.15, -0.1) is 11.3 Å². The zero-order valence-electron chi connectivity index (χ0n) is 13.2. The van der Waals surface area contributed by atoms with Crippen molar-refractivity contribution in [2.75, 3.05) is 19.6 Å². The second-order valence-electron chi connectivity index (χ2n) is 6.28. The second-order valence-corrected chi connectivity index (χ2v) is 7.56. The highest BCUT2D eigenvalue weighted by atomic mass is 32.1. The van der Waals surface area contributed by atoms with Gasteiger partial charge in [-0.2, -0.15) is 0 Å². The topological polar surface area (TPSA) is 58.1 Å². The van der Waals surface area contributed by atoms with Gasteiger partial charge in [0, 0.05) is 48.6 Å². The third-order valence-corrected chi connectivity index (χ3v) is 5.61. The minimum atomic E-state index is 0.123. The number of nitrogens with one attached hydrogen (secondary N) is 1. The summed E-state index contributed by atoms with van der Waals surface area (Å²) in [4.78, 5) is 25.8. The number of hydrogen-bond acceptors (Lipinski definition) is 5. The molecule has 1 saturated heterocycles. The fourth-order valence-corrected chi connectivity index (χ4v) is 4.12. The van der Waals surface area contributed by atoms with Gasteiger partial charge >= 0.3 is 0 Å². The molecule has 0 aliphatic carbocycles. The molecule has 6 heteroatoms. The van der Waals surface area contributed by atoms with Gasteiger partial charge in [0.05, 0.1) is 10.6 Å². The fraction of sp³-hybridized carbons (Fsp3) is 0.471. The summed E-state index contributed by atoms with van der Waals surface area (Å²) in [6.07, 6.45) is 3.86. The highest BCUT2D eigenvalue weighted by molar-refractivity contribution is 7.13. The Hall–Kier alpha value is -1.79. The molecular formula is C17H20N4OS. The normalized spacial score (nSPS) is 20.6. The molecular weight excluding hydrogens is 308 g/mol. The average Bonchev–Trinajstić information content (AvgIpc) is 3.25. The van der Waals surface area contributed by atoms with E-state index in [-0.39, 0.29) is 5.91 Å². The van der Waals surface area contributed by atoms with Crippen molar-refractivity contribution in [2.45, 2.75) is 32.2 Å². The van der Waals surface area contributed by atoms with E-state index in [2.05, 4.69) is 10.3 Å². The maximum atomic E-state index is 12.6. The molecule has 0 aromatic carbocycles. The maximum absolute atomic E-state index is 12.6. The third-order valence-electron chi connectivity index (χ3n) is 4.62. The Balaban J connectivity index is 1.52.